The summed E-state index contributed by atoms with van der Waals surface area (Å²) < 4.78 is 26.8. The van der Waals surface area contributed by atoms with Gasteiger partial charge < -0.3 is 0 Å². The fourth-order valence-electron chi connectivity index (χ4n) is 2.39. The van der Waals surface area contributed by atoms with Crippen molar-refractivity contribution in [2.45, 2.75) is 38.0 Å². The second-order valence-corrected chi connectivity index (χ2v) is 7.27. The Hall–Kier alpha value is -1.20. The molecule has 0 unspecified atom stereocenters. The fraction of sp³-hybridized carbons (Fsp3) is 0.533. The molecule has 4 nitrogen and oxygen atoms in total. The van der Waals surface area contributed by atoms with Crippen LogP contribution in [-0.2, 0) is 10.0 Å². The van der Waals surface area contributed by atoms with Crippen molar-refractivity contribution in [1.82, 2.24) is 4.31 Å². The Bertz CT molecular complexity index is 591. The van der Waals surface area contributed by atoms with E-state index in [-0.39, 0.29) is 10.7 Å². The van der Waals surface area contributed by atoms with E-state index in [1.54, 1.807) is 18.2 Å². The number of sulfonamides is 1. The molecule has 1 aromatic carbocycles. The highest BCUT2D eigenvalue weighted by molar-refractivity contribution is 7.89. The van der Waals surface area contributed by atoms with Crippen LogP contribution in [0, 0.1) is 5.92 Å². The van der Waals surface area contributed by atoms with E-state index in [1.165, 1.54) is 23.7 Å². The van der Waals surface area contributed by atoms with Gasteiger partial charge in [-0.25, -0.2) is 8.42 Å². The van der Waals surface area contributed by atoms with Gasteiger partial charge in [0.05, 0.1) is 4.90 Å². The van der Waals surface area contributed by atoms with Crippen LogP contribution in [0.3, 0.4) is 0 Å². The Morgan fingerprint density at radius 2 is 2.05 bits per heavy atom. The lowest BCUT2D eigenvalue weighted by Crippen LogP contribution is -2.37. The van der Waals surface area contributed by atoms with Crippen molar-refractivity contribution >= 4 is 15.8 Å². The van der Waals surface area contributed by atoms with Gasteiger partial charge in [0.15, 0.2) is 5.78 Å². The van der Waals surface area contributed by atoms with Gasteiger partial charge in [0.2, 0.25) is 10.0 Å². The van der Waals surface area contributed by atoms with Gasteiger partial charge in [0, 0.05) is 18.7 Å². The van der Waals surface area contributed by atoms with E-state index in [2.05, 4.69) is 0 Å². The van der Waals surface area contributed by atoms with E-state index in [0.717, 1.165) is 12.8 Å². The van der Waals surface area contributed by atoms with E-state index in [4.69, 9.17) is 0 Å². The lowest BCUT2D eigenvalue weighted by molar-refractivity contribution is 0.101. The first kappa shape index (κ1) is 15.2. The lowest BCUT2D eigenvalue weighted by Gasteiger charge is -2.31. The zero-order valence-corrected chi connectivity index (χ0v) is 12.8. The Morgan fingerprint density at radius 1 is 1.35 bits per heavy atom. The number of Topliss-reactive ketones (excluding diaryl/α,β-unsaturated/α-hetero) is 1. The number of hydrogen-bond acceptors (Lipinski definition) is 3. The van der Waals surface area contributed by atoms with Crippen LogP contribution >= 0.6 is 0 Å². The van der Waals surface area contributed by atoms with Gasteiger partial charge >= 0.3 is 0 Å². The average Bonchev–Trinajstić information content (AvgIpc) is 2.37. The molecule has 0 N–H and O–H groups in total. The molecule has 20 heavy (non-hydrogen) atoms. The molecule has 0 spiro atoms. The van der Waals surface area contributed by atoms with Gasteiger partial charge in [-0.05, 0) is 37.8 Å². The zero-order valence-electron chi connectivity index (χ0n) is 12.0. The van der Waals surface area contributed by atoms with Gasteiger partial charge in [0.1, 0.15) is 0 Å². The van der Waals surface area contributed by atoms with Crippen molar-refractivity contribution in [1.29, 1.82) is 0 Å². The SMILES string of the molecule is CCN(CC1CCC1)S(=O)(=O)c1cccc(C(C)=O)c1. The van der Waals surface area contributed by atoms with Crippen molar-refractivity contribution in [3.8, 4) is 0 Å². The van der Waals surface area contributed by atoms with Crippen LogP contribution in [0.5, 0.6) is 0 Å². The maximum absolute atomic E-state index is 12.6. The molecule has 1 aliphatic carbocycles. The van der Waals surface area contributed by atoms with Crippen molar-refractivity contribution < 1.29 is 13.2 Å². The van der Waals surface area contributed by atoms with Gasteiger partial charge in [-0.3, -0.25) is 4.79 Å². The molecule has 2 rings (SSSR count). The minimum atomic E-state index is -3.50. The van der Waals surface area contributed by atoms with Crippen molar-refractivity contribution in [3.05, 3.63) is 29.8 Å². The highest BCUT2D eigenvalue weighted by Gasteiger charge is 2.28. The Morgan fingerprint density at radius 3 is 2.55 bits per heavy atom. The summed E-state index contributed by atoms with van der Waals surface area (Å²) in [5, 5.41) is 0. The van der Waals surface area contributed by atoms with E-state index >= 15 is 0 Å². The summed E-state index contributed by atoms with van der Waals surface area (Å²) in [6, 6.07) is 6.30. The molecule has 0 aliphatic heterocycles. The largest absolute Gasteiger partial charge is 0.295 e. The van der Waals surface area contributed by atoms with Crippen LogP contribution in [0.2, 0.25) is 0 Å². The van der Waals surface area contributed by atoms with Crippen molar-refractivity contribution in [3.63, 3.8) is 0 Å². The van der Waals surface area contributed by atoms with E-state index < -0.39 is 10.0 Å². The molecule has 0 aromatic heterocycles. The normalized spacial score (nSPS) is 16.1. The first-order chi connectivity index (χ1) is 9.45. The predicted molar refractivity (Wildman–Crippen MR) is 78.2 cm³/mol. The lowest BCUT2D eigenvalue weighted by atomic mass is 9.85. The molecule has 1 saturated carbocycles. The van der Waals surface area contributed by atoms with Crippen LogP contribution in [-0.4, -0.2) is 31.6 Å². The summed E-state index contributed by atoms with van der Waals surface area (Å²) in [5.74, 6) is 0.366. The summed E-state index contributed by atoms with van der Waals surface area (Å²) in [5.41, 5.74) is 0.436. The molecule has 110 valence electrons. The fourth-order valence-corrected chi connectivity index (χ4v) is 3.96. The van der Waals surface area contributed by atoms with Crippen molar-refractivity contribution in [2.75, 3.05) is 13.1 Å². The summed E-state index contributed by atoms with van der Waals surface area (Å²) in [6.45, 7) is 4.34. The minimum Gasteiger partial charge on any atom is -0.295 e. The van der Waals surface area contributed by atoms with Gasteiger partial charge in [-0.15, -0.1) is 0 Å². The highest BCUT2D eigenvalue weighted by atomic mass is 32.2. The molecular formula is C15H21NO3S. The first-order valence-electron chi connectivity index (χ1n) is 7.06. The Labute approximate surface area is 120 Å². The third-order valence-electron chi connectivity index (χ3n) is 3.92. The topological polar surface area (TPSA) is 54.5 Å². The van der Waals surface area contributed by atoms with Crippen LogP contribution in [0.4, 0.5) is 0 Å². The summed E-state index contributed by atoms with van der Waals surface area (Å²) in [6.07, 6.45) is 3.42. The first-order valence-corrected chi connectivity index (χ1v) is 8.50. The molecule has 0 radical (unpaired) electrons. The molecular weight excluding hydrogens is 274 g/mol. The quantitative estimate of drug-likeness (QED) is 0.758. The van der Waals surface area contributed by atoms with Crippen molar-refractivity contribution in [2.24, 2.45) is 5.92 Å². The van der Waals surface area contributed by atoms with Gasteiger partial charge in [-0.2, -0.15) is 4.31 Å². The van der Waals surface area contributed by atoms with Crippen LogP contribution in [0.15, 0.2) is 29.2 Å². The zero-order chi connectivity index (χ0) is 14.8. The number of nitrogens with zero attached hydrogens (tertiary/aromatic N) is 1. The molecule has 1 aliphatic rings. The molecule has 0 saturated heterocycles. The molecule has 0 bridgehead atoms. The Kier molecular flexibility index (Phi) is 4.60. The number of carbonyl (C=O) groups excluding carboxylic acids is 1. The third-order valence-corrected chi connectivity index (χ3v) is 5.85. The van der Waals surface area contributed by atoms with Gasteiger partial charge in [-0.1, -0.05) is 25.5 Å². The Balaban J connectivity index is 2.27. The van der Waals surface area contributed by atoms with Gasteiger partial charge in [0.25, 0.3) is 0 Å². The number of carbonyl (C=O) groups is 1. The maximum atomic E-state index is 12.6. The molecule has 0 heterocycles. The number of benzene rings is 1. The monoisotopic (exact) mass is 295 g/mol. The molecule has 1 fully saturated rings. The van der Waals surface area contributed by atoms with E-state index in [1.807, 2.05) is 6.92 Å². The summed E-state index contributed by atoms with van der Waals surface area (Å²) >= 11 is 0. The van der Waals surface area contributed by atoms with E-state index in [0.29, 0.717) is 24.6 Å². The second kappa shape index (κ2) is 6.06. The minimum absolute atomic E-state index is 0.121. The molecule has 0 atom stereocenters. The standard InChI is InChI=1S/C15H21NO3S/c1-3-16(11-13-6-4-7-13)20(18,19)15-9-5-8-14(10-15)12(2)17/h5,8-10,13H,3-4,6-7,11H2,1-2H3. The molecule has 0 amide bonds. The van der Waals surface area contributed by atoms with Crippen LogP contribution < -0.4 is 0 Å². The summed E-state index contributed by atoms with van der Waals surface area (Å²) in [4.78, 5) is 11.6. The number of hydrogen-bond donors (Lipinski definition) is 0. The van der Waals surface area contributed by atoms with Crippen LogP contribution in [0.1, 0.15) is 43.5 Å². The number of rotatable bonds is 6. The van der Waals surface area contributed by atoms with E-state index in [9.17, 15) is 13.2 Å². The van der Waals surface area contributed by atoms with Crippen LogP contribution in [0.25, 0.3) is 0 Å². The predicted octanol–water partition coefficient (Wildman–Crippen LogP) is 2.70. The second-order valence-electron chi connectivity index (χ2n) is 5.34. The molecule has 1 aromatic rings. The summed E-state index contributed by atoms with van der Waals surface area (Å²) in [7, 11) is -3.50. The molecule has 5 heteroatoms. The smallest absolute Gasteiger partial charge is 0.243 e. The maximum Gasteiger partial charge on any atom is 0.243 e. The third kappa shape index (κ3) is 3.10. The average molecular weight is 295 g/mol. The number of ketones is 1. The highest BCUT2D eigenvalue weighted by Crippen LogP contribution is 2.29.